The van der Waals surface area contributed by atoms with Gasteiger partial charge >= 0.3 is 0 Å². The van der Waals surface area contributed by atoms with Crippen LogP contribution in [0.25, 0.3) is 10.9 Å². The molecule has 1 aromatic carbocycles. The molecule has 0 radical (unpaired) electrons. The minimum Gasteiger partial charge on any atom is -0.381 e. The molecule has 1 fully saturated rings. The van der Waals surface area contributed by atoms with Gasteiger partial charge in [-0.1, -0.05) is 18.2 Å². The van der Waals surface area contributed by atoms with Crippen LogP contribution in [0, 0.1) is 0 Å². The molecule has 1 N–H and O–H groups in total. The van der Waals surface area contributed by atoms with Gasteiger partial charge in [-0.2, -0.15) is 0 Å². The van der Waals surface area contributed by atoms with Crippen molar-refractivity contribution in [2.45, 2.75) is 50.8 Å². The Morgan fingerprint density at radius 2 is 1.95 bits per heavy atom. The van der Waals surface area contributed by atoms with Crippen molar-refractivity contribution in [2.24, 2.45) is 0 Å². The van der Waals surface area contributed by atoms with E-state index in [2.05, 4.69) is 46.4 Å². The van der Waals surface area contributed by atoms with E-state index in [1.807, 2.05) is 7.11 Å². The van der Waals surface area contributed by atoms with Crippen LogP contribution in [0.15, 0.2) is 36.5 Å². The third-order valence-corrected chi connectivity index (χ3v) is 4.70. The van der Waals surface area contributed by atoms with Gasteiger partial charge in [-0.05, 0) is 56.2 Å². The summed E-state index contributed by atoms with van der Waals surface area (Å²) in [6.07, 6.45) is 8.80. The molecule has 1 aliphatic carbocycles. The molecule has 2 aromatic rings. The molecule has 3 rings (SSSR count). The molecule has 0 amide bonds. The Labute approximate surface area is 127 Å². The standard InChI is InChI=1S/C18H26N2O/c1-21-17-9-7-16(8-10-17)19-12-4-13-20-14-11-15-5-2-3-6-18(15)20/h2-3,5-6,11,14,16-17,19H,4,7-10,12-13H2,1H3. The predicted octanol–water partition coefficient (Wildman–Crippen LogP) is 3.58. The van der Waals surface area contributed by atoms with E-state index in [4.69, 9.17) is 4.74 Å². The number of hydrogen-bond donors (Lipinski definition) is 1. The summed E-state index contributed by atoms with van der Waals surface area (Å²) in [5, 5.41) is 5.04. The van der Waals surface area contributed by atoms with Gasteiger partial charge in [0.05, 0.1) is 6.10 Å². The maximum absolute atomic E-state index is 5.42. The SMILES string of the molecule is COC1CCC(NCCCn2ccc3ccccc32)CC1. The first-order valence-electron chi connectivity index (χ1n) is 8.17. The number of nitrogens with one attached hydrogen (secondary N) is 1. The molecule has 1 heterocycles. The lowest BCUT2D eigenvalue weighted by Gasteiger charge is -2.28. The second-order valence-electron chi connectivity index (χ2n) is 6.08. The van der Waals surface area contributed by atoms with Crippen molar-refractivity contribution >= 4 is 10.9 Å². The van der Waals surface area contributed by atoms with Crippen LogP contribution >= 0.6 is 0 Å². The van der Waals surface area contributed by atoms with Crippen molar-refractivity contribution in [2.75, 3.05) is 13.7 Å². The summed E-state index contributed by atoms with van der Waals surface area (Å²) in [6, 6.07) is 11.5. The third kappa shape index (κ3) is 3.66. The molecule has 0 saturated heterocycles. The zero-order valence-electron chi connectivity index (χ0n) is 12.9. The molecular formula is C18H26N2O. The molecule has 0 bridgehead atoms. The van der Waals surface area contributed by atoms with Gasteiger partial charge in [0.25, 0.3) is 0 Å². The second kappa shape index (κ2) is 7.10. The minimum absolute atomic E-state index is 0.495. The Morgan fingerprint density at radius 3 is 2.76 bits per heavy atom. The average molecular weight is 286 g/mol. The van der Waals surface area contributed by atoms with Gasteiger partial charge in [0.2, 0.25) is 0 Å². The van der Waals surface area contributed by atoms with Crippen LogP contribution in [-0.2, 0) is 11.3 Å². The molecule has 1 saturated carbocycles. The lowest BCUT2D eigenvalue weighted by molar-refractivity contribution is 0.0625. The first-order chi connectivity index (χ1) is 10.4. The molecule has 1 aliphatic rings. The van der Waals surface area contributed by atoms with Crippen molar-refractivity contribution in [3.63, 3.8) is 0 Å². The number of benzene rings is 1. The van der Waals surface area contributed by atoms with Crippen LogP contribution in [0.5, 0.6) is 0 Å². The van der Waals surface area contributed by atoms with Gasteiger partial charge in [-0.3, -0.25) is 0 Å². The zero-order valence-corrected chi connectivity index (χ0v) is 12.9. The number of para-hydroxylation sites is 1. The van der Waals surface area contributed by atoms with Crippen molar-refractivity contribution in [1.82, 2.24) is 9.88 Å². The number of methoxy groups -OCH3 is 1. The lowest BCUT2D eigenvalue weighted by Crippen LogP contribution is -2.35. The molecule has 0 aliphatic heterocycles. The average Bonchev–Trinajstić information content (AvgIpc) is 2.95. The lowest BCUT2D eigenvalue weighted by atomic mass is 9.93. The number of ether oxygens (including phenoxy) is 1. The first kappa shape index (κ1) is 14.6. The summed E-state index contributed by atoms with van der Waals surface area (Å²) in [7, 11) is 1.83. The van der Waals surface area contributed by atoms with E-state index >= 15 is 0 Å². The van der Waals surface area contributed by atoms with Crippen LogP contribution in [0.3, 0.4) is 0 Å². The molecule has 114 valence electrons. The monoisotopic (exact) mass is 286 g/mol. The van der Waals surface area contributed by atoms with Crippen LogP contribution in [0.1, 0.15) is 32.1 Å². The number of fused-ring (bicyclic) bond motifs is 1. The number of hydrogen-bond acceptors (Lipinski definition) is 2. The van der Waals surface area contributed by atoms with Crippen molar-refractivity contribution in [3.05, 3.63) is 36.5 Å². The highest BCUT2D eigenvalue weighted by Crippen LogP contribution is 2.20. The van der Waals surface area contributed by atoms with Gasteiger partial charge in [0.1, 0.15) is 0 Å². The van der Waals surface area contributed by atoms with Crippen LogP contribution < -0.4 is 5.32 Å². The summed E-state index contributed by atoms with van der Waals surface area (Å²) in [6.45, 7) is 2.20. The molecule has 0 unspecified atom stereocenters. The highest BCUT2D eigenvalue weighted by molar-refractivity contribution is 5.79. The smallest absolute Gasteiger partial charge is 0.0572 e. The van der Waals surface area contributed by atoms with Gasteiger partial charge in [-0.15, -0.1) is 0 Å². The zero-order chi connectivity index (χ0) is 14.5. The quantitative estimate of drug-likeness (QED) is 0.822. The summed E-state index contributed by atoms with van der Waals surface area (Å²) < 4.78 is 7.78. The molecular weight excluding hydrogens is 260 g/mol. The number of rotatable bonds is 6. The highest BCUT2D eigenvalue weighted by Gasteiger charge is 2.19. The Hall–Kier alpha value is -1.32. The van der Waals surface area contributed by atoms with E-state index < -0.39 is 0 Å². The molecule has 0 atom stereocenters. The van der Waals surface area contributed by atoms with Crippen LogP contribution in [0.4, 0.5) is 0 Å². The molecule has 1 aromatic heterocycles. The second-order valence-corrected chi connectivity index (χ2v) is 6.08. The molecule has 3 heteroatoms. The van der Waals surface area contributed by atoms with E-state index in [1.165, 1.54) is 43.0 Å². The van der Waals surface area contributed by atoms with E-state index in [0.29, 0.717) is 12.1 Å². The van der Waals surface area contributed by atoms with Gasteiger partial charge in [0, 0.05) is 31.4 Å². The topological polar surface area (TPSA) is 26.2 Å². The first-order valence-corrected chi connectivity index (χ1v) is 8.17. The number of nitrogens with zero attached hydrogens (tertiary/aromatic N) is 1. The predicted molar refractivity (Wildman–Crippen MR) is 87.6 cm³/mol. The molecule has 3 nitrogen and oxygen atoms in total. The van der Waals surface area contributed by atoms with Crippen LogP contribution in [-0.4, -0.2) is 30.4 Å². The molecule has 21 heavy (non-hydrogen) atoms. The summed E-state index contributed by atoms with van der Waals surface area (Å²) in [5.74, 6) is 0. The largest absolute Gasteiger partial charge is 0.381 e. The van der Waals surface area contributed by atoms with E-state index in [0.717, 1.165) is 13.1 Å². The Bertz CT molecular complexity index is 555. The van der Waals surface area contributed by atoms with E-state index in [9.17, 15) is 0 Å². The van der Waals surface area contributed by atoms with Crippen molar-refractivity contribution in [3.8, 4) is 0 Å². The molecule has 0 spiro atoms. The Balaban J connectivity index is 1.41. The minimum atomic E-state index is 0.495. The summed E-state index contributed by atoms with van der Waals surface area (Å²) >= 11 is 0. The Kier molecular flexibility index (Phi) is 4.94. The van der Waals surface area contributed by atoms with E-state index in [1.54, 1.807) is 0 Å². The summed E-state index contributed by atoms with van der Waals surface area (Å²) in [4.78, 5) is 0. The maximum atomic E-state index is 5.42. The van der Waals surface area contributed by atoms with Crippen LogP contribution in [0.2, 0.25) is 0 Å². The normalized spacial score (nSPS) is 22.7. The van der Waals surface area contributed by atoms with Gasteiger partial charge in [-0.25, -0.2) is 0 Å². The number of aromatic nitrogens is 1. The van der Waals surface area contributed by atoms with Gasteiger partial charge < -0.3 is 14.6 Å². The number of aryl methyl sites for hydroxylation is 1. The Morgan fingerprint density at radius 1 is 1.14 bits per heavy atom. The van der Waals surface area contributed by atoms with Crippen molar-refractivity contribution in [1.29, 1.82) is 0 Å². The highest BCUT2D eigenvalue weighted by atomic mass is 16.5. The fourth-order valence-electron chi connectivity index (χ4n) is 3.39. The maximum Gasteiger partial charge on any atom is 0.0572 e. The fraction of sp³-hybridized carbons (Fsp3) is 0.556. The summed E-state index contributed by atoms with van der Waals surface area (Å²) in [5.41, 5.74) is 1.35. The fourth-order valence-corrected chi connectivity index (χ4v) is 3.39. The van der Waals surface area contributed by atoms with Gasteiger partial charge in [0.15, 0.2) is 0 Å². The van der Waals surface area contributed by atoms with Crippen molar-refractivity contribution < 1.29 is 4.74 Å². The van der Waals surface area contributed by atoms with E-state index in [-0.39, 0.29) is 0 Å². The third-order valence-electron chi connectivity index (χ3n) is 4.70.